The first-order valence-electron chi connectivity index (χ1n) is 17.4. The third-order valence-corrected chi connectivity index (χ3v) is 9.89. The maximum atomic E-state index is 2.43. The minimum absolute atomic E-state index is 1.08. The zero-order chi connectivity index (χ0) is 33.3. The van der Waals surface area contributed by atoms with Gasteiger partial charge in [0.1, 0.15) is 0 Å². The van der Waals surface area contributed by atoms with E-state index in [9.17, 15) is 0 Å². The first kappa shape index (κ1) is 29.7. The number of fused-ring (bicyclic) bond motifs is 3. The SMILES string of the molecule is C1=Cc2c(c3ccccc3n2-c2cccc(-c3ccc(N(c4ccc(-c5ccccc5)cc4)c4ccc(-c5ccccc5)cc4)cc3)c2)CC1. The molecule has 0 bridgehead atoms. The van der Waals surface area contributed by atoms with E-state index in [4.69, 9.17) is 0 Å². The molecule has 0 atom stereocenters. The zero-order valence-corrected chi connectivity index (χ0v) is 27.8. The number of aromatic nitrogens is 1. The van der Waals surface area contributed by atoms with Crippen LogP contribution in [0.5, 0.6) is 0 Å². The Balaban J connectivity index is 1.08. The van der Waals surface area contributed by atoms with Crippen molar-refractivity contribution in [3.05, 3.63) is 199 Å². The Labute approximate surface area is 293 Å². The Morgan fingerprint density at radius 2 is 0.900 bits per heavy atom. The molecule has 9 rings (SSSR count). The normalized spacial score (nSPS) is 12.2. The fourth-order valence-electron chi connectivity index (χ4n) is 7.41. The minimum atomic E-state index is 1.08. The average molecular weight is 641 g/mol. The quantitative estimate of drug-likeness (QED) is 0.168. The third-order valence-electron chi connectivity index (χ3n) is 9.89. The van der Waals surface area contributed by atoms with Crippen LogP contribution in [0.15, 0.2) is 188 Å². The molecule has 1 aliphatic rings. The molecule has 0 saturated heterocycles. The smallest absolute Gasteiger partial charge is 0.0537 e. The van der Waals surface area contributed by atoms with Crippen molar-refractivity contribution < 1.29 is 0 Å². The van der Waals surface area contributed by atoms with E-state index in [0.29, 0.717) is 0 Å². The van der Waals surface area contributed by atoms with Crippen LogP contribution in [0.25, 0.3) is 56.0 Å². The van der Waals surface area contributed by atoms with Gasteiger partial charge in [-0.25, -0.2) is 0 Å². The Morgan fingerprint density at radius 3 is 1.48 bits per heavy atom. The molecule has 238 valence electrons. The second-order valence-electron chi connectivity index (χ2n) is 12.9. The van der Waals surface area contributed by atoms with Gasteiger partial charge in [0.15, 0.2) is 0 Å². The van der Waals surface area contributed by atoms with E-state index in [2.05, 4.69) is 204 Å². The van der Waals surface area contributed by atoms with Crippen molar-refractivity contribution in [3.8, 4) is 39.1 Å². The van der Waals surface area contributed by atoms with Gasteiger partial charge < -0.3 is 9.47 Å². The van der Waals surface area contributed by atoms with Gasteiger partial charge >= 0.3 is 0 Å². The highest BCUT2D eigenvalue weighted by molar-refractivity contribution is 5.91. The lowest BCUT2D eigenvalue weighted by atomic mass is 10.0. The van der Waals surface area contributed by atoms with Crippen LogP contribution in [0.4, 0.5) is 17.1 Å². The van der Waals surface area contributed by atoms with E-state index >= 15 is 0 Å². The van der Waals surface area contributed by atoms with E-state index in [1.807, 2.05) is 0 Å². The summed E-state index contributed by atoms with van der Waals surface area (Å²) in [5.41, 5.74) is 15.8. The topological polar surface area (TPSA) is 8.17 Å². The minimum Gasteiger partial charge on any atom is -0.311 e. The molecular formula is C48H36N2. The summed E-state index contributed by atoms with van der Waals surface area (Å²) in [4.78, 5) is 2.34. The first-order valence-corrected chi connectivity index (χ1v) is 17.4. The second kappa shape index (κ2) is 12.9. The van der Waals surface area contributed by atoms with E-state index in [1.165, 1.54) is 61.2 Å². The van der Waals surface area contributed by atoms with Crippen LogP contribution in [-0.4, -0.2) is 4.57 Å². The lowest BCUT2D eigenvalue weighted by Crippen LogP contribution is -2.09. The van der Waals surface area contributed by atoms with Crippen LogP contribution in [0.2, 0.25) is 0 Å². The van der Waals surface area contributed by atoms with Gasteiger partial charge in [-0.1, -0.05) is 133 Å². The van der Waals surface area contributed by atoms with Gasteiger partial charge in [0.05, 0.1) is 5.52 Å². The second-order valence-corrected chi connectivity index (χ2v) is 12.9. The van der Waals surface area contributed by atoms with Crippen molar-refractivity contribution in [3.63, 3.8) is 0 Å². The van der Waals surface area contributed by atoms with Crippen molar-refractivity contribution in [2.45, 2.75) is 12.8 Å². The molecule has 1 heterocycles. The van der Waals surface area contributed by atoms with Crippen LogP contribution >= 0.6 is 0 Å². The Morgan fingerprint density at radius 1 is 0.420 bits per heavy atom. The van der Waals surface area contributed by atoms with E-state index < -0.39 is 0 Å². The number of benzene rings is 7. The van der Waals surface area contributed by atoms with Crippen molar-refractivity contribution >= 4 is 34.0 Å². The standard InChI is InChI=1S/C48H36N2/c1-3-12-35(13-4-1)37-22-28-41(29-23-37)49(42-30-24-38(25-31-42)36-14-5-2-6-15-36)43-32-26-39(27-33-43)40-16-11-17-44(34-40)50-47-20-9-7-18-45(47)46-19-8-10-21-48(46)50/h1-7,9-18,20-34H,8,19H2. The molecule has 0 aliphatic heterocycles. The molecule has 0 amide bonds. The van der Waals surface area contributed by atoms with Crippen molar-refractivity contribution in [1.82, 2.24) is 4.57 Å². The largest absolute Gasteiger partial charge is 0.311 e. The molecular weight excluding hydrogens is 605 g/mol. The molecule has 50 heavy (non-hydrogen) atoms. The number of anilines is 3. The lowest BCUT2D eigenvalue weighted by Gasteiger charge is -2.26. The number of allylic oxidation sites excluding steroid dienone is 1. The zero-order valence-electron chi connectivity index (χ0n) is 27.8. The predicted octanol–water partition coefficient (Wildman–Crippen LogP) is 13.1. The summed E-state index contributed by atoms with van der Waals surface area (Å²) in [6.45, 7) is 0. The van der Waals surface area contributed by atoms with Gasteiger partial charge in [0.2, 0.25) is 0 Å². The van der Waals surface area contributed by atoms with E-state index in [0.717, 1.165) is 29.9 Å². The van der Waals surface area contributed by atoms with Crippen molar-refractivity contribution in [2.75, 3.05) is 4.90 Å². The highest BCUT2D eigenvalue weighted by Gasteiger charge is 2.19. The molecule has 2 nitrogen and oxygen atoms in total. The summed E-state index contributed by atoms with van der Waals surface area (Å²) in [6.07, 6.45) is 6.78. The molecule has 7 aromatic carbocycles. The maximum Gasteiger partial charge on any atom is 0.0537 e. The number of aryl methyl sites for hydroxylation is 1. The highest BCUT2D eigenvalue weighted by atomic mass is 15.1. The summed E-state index contributed by atoms with van der Waals surface area (Å²) in [6, 6.07) is 65.6. The van der Waals surface area contributed by atoms with Crippen molar-refractivity contribution in [2.24, 2.45) is 0 Å². The molecule has 0 fully saturated rings. The van der Waals surface area contributed by atoms with Gasteiger partial charge in [0.25, 0.3) is 0 Å². The molecule has 0 unspecified atom stereocenters. The number of rotatable bonds is 7. The van der Waals surface area contributed by atoms with Crippen LogP contribution < -0.4 is 4.90 Å². The van der Waals surface area contributed by atoms with Gasteiger partial charge in [-0.05, 0) is 112 Å². The highest BCUT2D eigenvalue weighted by Crippen LogP contribution is 2.39. The first-order chi connectivity index (χ1) is 24.8. The molecule has 0 N–H and O–H groups in total. The monoisotopic (exact) mass is 640 g/mol. The predicted molar refractivity (Wildman–Crippen MR) is 212 cm³/mol. The number of hydrogen-bond acceptors (Lipinski definition) is 1. The Hall–Kier alpha value is -6.38. The average Bonchev–Trinajstić information content (AvgIpc) is 3.54. The molecule has 8 aromatic rings. The maximum absolute atomic E-state index is 2.43. The summed E-state index contributed by atoms with van der Waals surface area (Å²) >= 11 is 0. The van der Waals surface area contributed by atoms with Crippen LogP contribution in [0, 0.1) is 0 Å². The van der Waals surface area contributed by atoms with Gasteiger partial charge in [0, 0.05) is 33.8 Å². The van der Waals surface area contributed by atoms with Crippen LogP contribution in [0.3, 0.4) is 0 Å². The van der Waals surface area contributed by atoms with Crippen LogP contribution in [-0.2, 0) is 6.42 Å². The number of hydrogen-bond donors (Lipinski definition) is 0. The molecule has 0 spiro atoms. The van der Waals surface area contributed by atoms with E-state index in [-0.39, 0.29) is 0 Å². The number of para-hydroxylation sites is 1. The lowest BCUT2D eigenvalue weighted by molar-refractivity contribution is 0.968. The molecule has 2 heteroatoms. The third kappa shape index (κ3) is 5.51. The van der Waals surface area contributed by atoms with Crippen molar-refractivity contribution in [1.29, 1.82) is 0 Å². The fourth-order valence-corrected chi connectivity index (χ4v) is 7.41. The van der Waals surface area contributed by atoms with Gasteiger partial charge in [-0.2, -0.15) is 0 Å². The Bertz CT molecular complexity index is 2350. The summed E-state index contributed by atoms with van der Waals surface area (Å²) < 4.78 is 2.43. The number of nitrogens with zero attached hydrogens (tertiary/aromatic N) is 2. The molecule has 1 aromatic heterocycles. The van der Waals surface area contributed by atoms with Gasteiger partial charge in [-0.3, -0.25) is 0 Å². The summed E-state index contributed by atoms with van der Waals surface area (Å²) in [7, 11) is 0. The summed E-state index contributed by atoms with van der Waals surface area (Å²) in [5, 5.41) is 1.36. The molecule has 1 aliphatic carbocycles. The summed E-state index contributed by atoms with van der Waals surface area (Å²) in [5.74, 6) is 0. The Kier molecular flexibility index (Phi) is 7.68. The fraction of sp³-hybridized carbons (Fsp3) is 0.0417. The van der Waals surface area contributed by atoms with E-state index in [1.54, 1.807) is 0 Å². The molecule has 0 radical (unpaired) electrons. The molecule has 0 saturated carbocycles. The van der Waals surface area contributed by atoms with Gasteiger partial charge in [-0.15, -0.1) is 0 Å². The van der Waals surface area contributed by atoms with Crippen LogP contribution in [0.1, 0.15) is 17.7 Å².